The number of anilines is 1. The lowest BCUT2D eigenvalue weighted by Crippen LogP contribution is -2.49. The molecule has 144 valence electrons. The lowest BCUT2D eigenvalue weighted by atomic mass is 10.0. The number of amides is 1. The van der Waals surface area contributed by atoms with E-state index >= 15 is 0 Å². The van der Waals surface area contributed by atoms with Crippen molar-refractivity contribution < 1.29 is 13.2 Å². The van der Waals surface area contributed by atoms with Crippen LogP contribution < -0.4 is 9.03 Å². The third-order valence-corrected chi connectivity index (χ3v) is 6.80. The number of hydrogen-bond acceptors (Lipinski definition) is 4. The molecule has 0 fully saturated rings. The third-order valence-electron chi connectivity index (χ3n) is 4.64. The Morgan fingerprint density at radius 1 is 1.00 bits per heavy atom. The number of fused-ring (bicyclic) bond motifs is 1. The van der Waals surface area contributed by atoms with Gasteiger partial charge in [0, 0.05) is 6.42 Å². The van der Waals surface area contributed by atoms with Crippen molar-refractivity contribution in [1.29, 1.82) is 5.26 Å². The van der Waals surface area contributed by atoms with Crippen LogP contribution in [0.3, 0.4) is 0 Å². The van der Waals surface area contributed by atoms with Crippen LogP contribution in [0.2, 0.25) is 0 Å². The maximum atomic E-state index is 12.9. The van der Waals surface area contributed by atoms with Gasteiger partial charge in [-0.25, -0.2) is 9.03 Å². The van der Waals surface area contributed by atoms with Crippen LogP contribution in [-0.2, 0) is 21.4 Å². The Morgan fingerprint density at radius 2 is 1.69 bits per heavy atom. The average molecular weight is 468 g/mol. The summed E-state index contributed by atoms with van der Waals surface area (Å²) in [7, 11) is -4.22. The minimum Gasteiger partial charge on any atom is -0.267 e. The first-order valence-corrected chi connectivity index (χ1v) is 10.9. The van der Waals surface area contributed by atoms with Crippen molar-refractivity contribution in [3.8, 4) is 6.07 Å². The summed E-state index contributed by atoms with van der Waals surface area (Å²) >= 11 is 3.26. The number of hydrogen-bond donors (Lipinski definition) is 1. The molecular weight excluding hydrogens is 454 g/mol. The molecule has 0 aliphatic carbocycles. The number of nitrogens with zero attached hydrogens (tertiary/aromatic N) is 2. The Balaban J connectivity index is 1.93. The number of carbonyl (C=O) groups excluding carboxylic acids is 1. The van der Waals surface area contributed by atoms with Crippen LogP contribution in [0.25, 0.3) is 10.8 Å². The molecule has 0 saturated carbocycles. The lowest BCUT2D eigenvalue weighted by molar-refractivity contribution is -0.115. The van der Waals surface area contributed by atoms with Crippen molar-refractivity contribution in [1.82, 2.24) is 4.72 Å². The van der Waals surface area contributed by atoms with Gasteiger partial charge in [-0.15, -0.1) is 0 Å². The van der Waals surface area contributed by atoms with Gasteiger partial charge < -0.3 is 0 Å². The first-order valence-electron chi connectivity index (χ1n) is 8.64. The van der Waals surface area contributed by atoms with Gasteiger partial charge in [0.1, 0.15) is 10.6 Å². The molecule has 29 heavy (non-hydrogen) atoms. The van der Waals surface area contributed by atoms with Gasteiger partial charge in [-0.3, -0.25) is 4.79 Å². The van der Waals surface area contributed by atoms with Crippen LogP contribution in [0, 0.1) is 11.3 Å². The van der Waals surface area contributed by atoms with Crippen molar-refractivity contribution in [3.05, 3.63) is 88.0 Å². The maximum absolute atomic E-state index is 12.9. The first-order chi connectivity index (χ1) is 13.9. The van der Waals surface area contributed by atoms with E-state index in [0.717, 1.165) is 20.6 Å². The molecule has 0 radical (unpaired) electrons. The number of halogens is 1. The Bertz CT molecular complexity index is 1320. The summed E-state index contributed by atoms with van der Waals surface area (Å²) in [5.41, 5.74) is 1.47. The van der Waals surface area contributed by atoms with Gasteiger partial charge in [-0.05, 0) is 44.4 Å². The third kappa shape index (κ3) is 3.39. The Labute approximate surface area is 176 Å². The zero-order chi connectivity index (χ0) is 20.6. The predicted molar refractivity (Wildman–Crippen MR) is 114 cm³/mol. The van der Waals surface area contributed by atoms with Gasteiger partial charge in [0.05, 0.1) is 16.9 Å². The van der Waals surface area contributed by atoms with Crippen LogP contribution in [0.15, 0.2) is 76.9 Å². The second-order valence-corrected chi connectivity index (χ2v) is 8.72. The molecule has 0 unspecified atom stereocenters. The normalized spacial score (nSPS) is 15.9. The van der Waals surface area contributed by atoms with E-state index in [1.807, 2.05) is 53.3 Å². The second kappa shape index (κ2) is 7.35. The number of carbonyl (C=O) groups is 1. The molecule has 3 aromatic rings. The molecule has 6 nitrogen and oxygen atoms in total. The topological polar surface area (TPSA) is 90.3 Å². The molecule has 1 aliphatic rings. The first kappa shape index (κ1) is 19.2. The molecule has 0 spiro atoms. The summed E-state index contributed by atoms with van der Waals surface area (Å²) in [6.45, 7) is 0. The van der Waals surface area contributed by atoms with E-state index in [1.165, 1.54) is 12.1 Å². The molecule has 1 amide bonds. The Hall–Kier alpha value is -3.15. The van der Waals surface area contributed by atoms with Crippen LogP contribution in [-0.4, -0.2) is 14.3 Å². The van der Waals surface area contributed by atoms with Crippen molar-refractivity contribution in [2.75, 3.05) is 4.31 Å². The Morgan fingerprint density at radius 3 is 2.48 bits per heavy atom. The van der Waals surface area contributed by atoms with Crippen LogP contribution in [0.5, 0.6) is 0 Å². The minimum atomic E-state index is -4.22. The SMILES string of the molecule is N#Cc1ccccc1N1C(Cc2cccc3ccccc23)=C(Br)C(=O)NS1(=O)=O. The van der Waals surface area contributed by atoms with Crippen molar-refractivity contribution in [3.63, 3.8) is 0 Å². The second-order valence-electron chi connectivity index (χ2n) is 6.41. The summed E-state index contributed by atoms with van der Waals surface area (Å²) in [5.74, 6) is -0.745. The molecule has 4 rings (SSSR count). The highest BCUT2D eigenvalue weighted by Gasteiger charge is 2.37. The standard InChI is InChI=1S/C21H14BrN3O3S/c22-20-19(12-15-9-5-8-14-6-1-3-10-17(14)15)25(29(27,28)24-21(20)26)18-11-4-2-7-16(18)13-23/h1-11H,12H2,(H,24,26). The zero-order valence-corrected chi connectivity index (χ0v) is 17.4. The van der Waals surface area contributed by atoms with Gasteiger partial charge in [0.25, 0.3) is 5.91 Å². The molecule has 0 bridgehead atoms. The minimum absolute atomic E-state index is 0.105. The van der Waals surface area contributed by atoms with E-state index < -0.39 is 16.1 Å². The molecule has 0 atom stereocenters. The van der Waals surface area contributed by atoms with E-state index in [-0.39, 0.29) is 27.9 Å². The molecular formula is C21H14BrN3O3S. The van der Waals surface area contributed by atoms with Gasteiger partial charge >= 0.3 is 10.2 Å². The summed E-state index contributed by atoms with van der Waals surface area (Å²) in [4.78, 5) is 12.3. The van der Waals surface area contributed by atoms with Gasteiger partial charge in [-0.2, -0.15) is 13.7 Å². The number of allylic oxidation sites excluding steroid dienone is 1. The highest BCUT2D eigenvalue weighted by atomic mass is 79.9. The fourth-order valence-corrected chi connectivity index (χ4v) is 5.33. The lowest BCUT2D eigenvalue weighted by Gasteiger charge is -2.32. The molecule has 3 aromatic carbocycles. The largest absolute Gasteiger partial charge is 0.330 e. The molecule has 0 saturated heterocycles. The summed E-state index contributed by atoms with van der Waals surface area (Å²) in [5, 5.41) is 11.4. The molecule has 0 aromatic heterocycles. The van der Waals surface area contributed by atoms with Gasteiger partial charge in [-0.1, -0.05) is 54.6 Å². The fourth-order valence-electron chi connectivity index (χ4n) is 3.37. The van der Waals surface area contributed by atoms with E-state index in [4.69, 9.17) is 0 Å². The number of benzene rings is 3. The highest BCUT2D eigenvalue weighted by Crippen LogP contribution is 2.35. The maximum Gasteiger partial charge on any atom is 0.330 e. The molecule has 1 heterocycles. The van der Waals surface area contributed by atoms with Crippen LogP contribution in [0.1, 0.15) is 11.1 Å². The average Bonchev–Trinajstić information content (AvgIpc) is 2.72. The van der Waals surface area contributed by atoms with E-state index in [1.54, 1.807) is 12.1 Å². The number of rotatable bonds is 3. The quantitative estimate of drug-likeness (QED) is 0.634. The van der Waals surface area contributed by atoms with Crippen LogP contribution >= 0.6 is 15.9 Å². The van der Waals surface area contributed by atoms with Crippen molar-refractivity contribution >= 4 is 48.5 Å². The van der Waals surface area contributed by atoms with Crippen molar-refractivity contribution in [2.45, 2.75) is 6.42 Å². The summed E-state index contributed by atoms with van der Waals surface area (Å²) < 4.78 is 28.9. The number of para-hydroxylation sites is 1. The van der Waals surface area contributed by atoms with Crippen LogP contribution in [0.4, 0.5) is 5.69 Å². The van der Waals surface area contributed by atoms with E-state index in [9.17, 15) is 18.5 Å². The van der Waals surface area contributed by atoms with E-state index in [0.29, 0.717) is 0 Å². The number of nitriles is 1. The molecule has 1 N–H and O–H groups in total. The summed E-state index contributed by atoms with van der Waals surface area (Å²) in [6, 6.07) is 21.9. The monoisotopic (exact) mass is 467 g/mol. The van der Waals surface area contributed by atoms with Gasteiger partial charge in [0.15, 0.2) is 0 Å². The van der Waals surface area contributed by atoms with E-state index in [2.05, 4.69) is 15.9 Å². The molecule has 8 heteroatoms. The van der Waals surface area contributed by atoms with Gasteiger partial charge in [0.2, 0.25) is 0 Å². The number of nitrogens with one attached hydrogen (secondary N) is 1. The molecule has 1 aliphatic heterocycles. The zero-order valence-electron chi connectivity index (χ0n) is 15.0. The van der Waals surface area contributed by atoms with Crippen molar-refractivity contribution in [2.24, 2.45) is 0 Å². The fraction of sp³-hybridized carbons (Fsp3) is 0.0476. The Kier molecular flexibility index (Phi) is 4.86. The smallest absolute Gasteiger partial charge is 0.267 e. The summed E-state index contributed by atoms with van der Waals surface area (Å²) in [6.07, 6.45) is 0.175. The highest BCUT2D eigenvalue weighted by molar-refractivity contribution is 9.12. The predicted octanol–water partition coefficient (Wildman–Crippen LogP) is 3.74.